The third-order valence-electron chi connectivity index (χ3n) is 4.46. The summed E-state index contributed by atoms with van der Waals surface area (Å²) in [5.41, 5.74) is -0.126. The van der Waals surface area contributed by atoms with Crippen molar-refractivity contribution in [3.05, 3.63) is 34.6 Å². The van der Waals surface area contributed by atoms with Crippen LogP contribution in [0.3, 0.4) is 0 Å². The summed E-state index contributed by atoms with van der Waals surface area (Å²) in [5.74, 6) is -0.162. The molecule has 0 unspecified atom stereocenters. The van der Waals surface area contributed by atoms with Gasteiger partial charge in [0.05, 0.1) is 0 Å². The van der Waals surface area contributed by atoms with Crippen molar-refractivity contribution in [1.82, 2.24) is 0 Å². The number of aliphatic hydroxyl groups is 2. The van der Waals surface area contributed by atoms with Crippen molar-refractivity contribution < 1.29 is 29.6 Å². The minimum atomic E-state index is -1.51. The van der Waals surface area contributed by atoms with Crippen molar-refractivity contribution >= 4 is 5.78 Å². The molecular formula is C17H22O6. The van der Waals surface area contributed by atoms with E-state index >= 15 is 0 Å². The van der Waals surface area contributed by atoms with Crippen molar-refractivity contribution in [3.63, 3.8) is 0 Å². The summed E-state index contributed by atoms with van der Waals surface area (Å²) in [6.45, 7) is 6.38. The lowest BCUT2D eigenvalue weighted by Gasteiger charge is -2.41. The monoisotopic (exact) mass is 322 g/mol. The number of ether oxygens (including phenoxy) is 2. The molecule has 0 aromatic heterocycles. The molecule has 1 aliphatic carbocycles. The number of aromatic hydroxyl groups is 1. The molecule has 1 aromatic carbocycles. The minimum absolute atomic E-state index is 0.0118. The molecule has 1 aliphatic rings. The van der Waals surface area contributed by atoms with Crippen molar-refractivity contribution in [1.29, 1.82) is 0 Å². The van der Waals surface area contributed by atoms with E-state index in [0.717, 1.165) is 5.56 Å². The summed E-state index contributed by atoms with van der Waals surface area (Å²) in [6, 6.07) is 3.29. The normalized spacial score (nSPS) is 28.2. The largest absolute Gasteiger partial charge is 0.508 e. The van der Waals surface area contributed by atoms with Crippen LogP contribution in [0.15, 0.2) is 23.5 Å². The quantitative estimate of drug-likeness (QED) is 0.778. The maximum Gasteiger partial charge on any atom is 0.193 e. The van der Waals surface area contributed by atoms with E-state index in [1.165, 1.54) is 21.0 Å². The maximum atomic E-state index is 12.2. The van der Waals surface area contributed by atoms with E-state index in [2.05, 4.69) is 0 Å². The van der Waals surface area contributed by atoms with Gasteiger partial charge in [0, 0.05) is 18.2 Å². The third-order valence-corrected chi connectivity index (χ3v) is 4.46. The van der Waals surface area contributed by atoms with E-state index in [9.17, 15) is 20.1 Å². The van der Waals surface area contributed by atoms with E-state index in [1.54, 1.807) is 26.0 Å². The number of carbonyl (C=O) groups is 1. The Kier molecular flexibility index (Phi) is 4.52. The predicted octanol–water partition coefficient (Wildman–Crippen LogP) is 1.37. The Bertz CT molecular complexity index is 678. The fraction of sp³-hybridized carbons (Fsp3) is 0.471. The maximum absolute atomic E-state index is 12.2. The Labute approximate surface area is 135 Å². The molecule has 3 N–H and O–H groups in total. The molecule has 3 atom stereocenters. The van der Waals surface area contributed by atoms with Crippen LogP contribution < -0.4 is 4.74 Å². The van der Waals surface area contributed by atoms with Crippen molar-refractivity contribution in [2.75, 3.05) is 7.11 Å². The summed E-state index contributed by atoms with van der Waals surface area (Å²) in [7, 11) is 1.31. The van der Waals surface area contributed by atoms with Crippen LogP contribution in [0, 0.1) is 13.8 Å². The molecule has 2 rings (SSSR count). The molecule has 23 heavy (non-hydrogen) atoms. The second-order valence-electron chi connectivity index (χ2n) is 6.06. The summed E-state index contributed by atoms with van der Waals surface area (Å²) >= 11 is 0. The average molecular weight is 322 g/mol. The van der Waals surface area contributed by atoms with Crippen LogP contribution in [0.2, 0.25) is 0 Å². The first-order valence-electron chi connectivity index (χ1n) is 7.27. The van der Waals surface area contributed by atoms with Crippen LogP contribution in [0.5, 0.6) is 11.5 Å². The summed E-state index contributed by atoms with van der Waals surface area (Å²) in [6.07, 6.45) is -2.82. The average Bonchev–Trinajstić information content (AvgIpc) is 2.52. The standard InChI is InChI=1S/C17H22O6/c1-8-6-11(18)9(2)12(7-8)23-14-10(3)13(19)15(20)17(4,22-5)16(14)21/h6-7,15-16,18,20-21H,1-5H3/t15-,16+,17-/m1/s1. The van der Waals surface area contributed by atoms with Crippen LogP contribution in [0.25, 0.3) is 0 Å². The zero-order valence-corrected chi connectivity index (χ0v) is 13.9. The lowest BCUT2D eigenvalue weighted by Crippen LogP contribution is -2.59. The first-order chi connectivity index (χ1) is 10.6. The molecule has 126 valence electrons. The molecule has 0 heterocycles. The number of Topliss-reactive ketones (excluding diaryl/α,β-unsaturated/α-hetero) is 1. The van der Waals surface area contributed by atoms with Gasteiger partial charge in [-0.2, -0.15) is 0 Å². The molecule has 0 radical (unpaired) electrons. The van der Waals surface area contributed by atoms with Gasteiger partial charge < -0.3 is 24.8 Å². The number of hydrogen-bond acceptors (Lipinski definition) is 6. The Hall–Kier alpha value is -1.89. The molecule has 0 aliphatic heterocycles. The smallest absolute Gasteiger partial charge is 0.193 e. The van der Waals surface area contributed by atoms with Gasteiger partial charge in [-0.25, -0.2) is 0 Å². The van der Waals surface area contributed by atoms with Gasteiger partial charge in [0.25, 0.3) is 0 Å². The Morgan fingerprint density at radius 2 is 1.74 bits per heavy atom. The highest BCUT2D eigenvalue weighted by Gasteiger charge is 2.52. The van der Waals surface area contributed by atoms with Gasteiger partial charge in [0.1, 0.15) is 35.1 Å². The van der Waals surface area contributed by atoms with E-state index in [-0.39, 0.29) is 17.1 Å². The highest BCUT2D eigenvalue weighted by molar-refractivity contribution is 6.01. The number of hydrogen-bond donors (Lipinski definition) is 3. The van der Waals surface area contributed by atoms with Crippen molar-refractivity contribution in [3.8, 4) is 11.5 Å². The summed E-state index contributed by atoms with van der Waals surface area (Å²) < 4.78 is 10.9. The first-order valence-corrected chi connectivity index (χ1v) is 7.27. The number of aliphatic hydroxyl groups excluding tert-OH is 2. The molecule has 0 bridgehead atoms. The van der Waals surface area contributed by atoms with E-state index in [4.69, 9.17) is 9.47 Å². The van der Waals surface area contributed by atoms with Crippen molar-refractivity contribution in [2.24, 2.45) is 0 Å². The lowest BCUT2D eigenvalue weighted by molar-refractivity contribution is -0.170. The third kappa shape index (κ3) is 2.73. The molecule has 6 nitrogen and oxygen atoms in total. The molecule has 0 fully saturated rings. The molecule has 1 aromatic rings. The van der Waals surface area contributed by atoms with Crippen LogP contribution in [-0.4, -0.2) is 46.0 Å². The molecule has 0 saturated carbocycles. The Balaban J connectivity index is 2.52. The highest BCUT2D eigenvalue weighted by Crippen LogP contribution is 2.37. The van der Waals surface area contributed by atoms with E-state index in [1.807, 2.05) is 0 Å². The van der Waals surface area contributed by atoms with Crippen LogP contribution >= 0.6 is 0 Å². The number of aryl methyl sites for hydroxylation is 1. The van der Waals surface area contributed by atoms with Crippen LogP contribution in [-0.2, 0) is 9.53 Å². The summed E-state index contributed by atoms with van der Waals surface area (Å²) in [5, 5.41) is 30.5. The van der Waals surface area contributed by atoms with Gasteiger partial charge in [-0.1, -0.05) is 0 Å². The number of methoxy groups -OCH3 is 1. The molecule has 6 heteroatoms. The summed E-state index contributed by atoms with van der Waals surface area (Å²) in [4.78, 5) is 12.2. The van der Waals surface area contributed by atoms with Gasteiger partial charge in [-0.05, 0) is 45.4 Å². The van der Waals surface area contributed by atoms with Gasteiger partial charge in [-0.15, -0.1) is 0 Å². The second kappa shape index (κ2) is 5.96. The van der Waals surface area contributed by atoms with Crippen molar-refractivity contribution in [2.45, 2.75) is 45.5 Å². The zero-order valence-electron chi connectivity index (χ0n) is 13.9. The van der Waals surface area contributed by atoms with Gasteiger partial charge in [0.15, 0.2) is 5.78 Å². The zero-order chi connectivity index (χ0) is 17.5. The lowest BCUT2D eigenvalue weighted by atomic mass is 9.80. The second-order valence-corrected chi connectivity index (χ2v) is 6.06. The number of phenols is 1. The fourth-order valence-electron chi connectivity index (χ4n) is 2.59. The van der Waals surface area contributed by atoms with Gasteiger partial charge >= 0.3 is 0 Å². The van der Waals surface area contributed by atoms with Gasteiger partial charge in [-0.3, -0.25) is 4.79 Å². The van der Waals surface area contributed by atoms with Crippen LogP contribution in [0.1, 0.15) is 25.0 Å². The number of rotatable bonds is 3. The Morgan fingerprint density at radius 3 is 2.30 bits per heavy atom. The fourth-order valence-corrected chi connectivity index (χ4v) is 2.59. The van der Waals surface area contributed by atoms with E-state index in [0.29, 0.717) is 11.3 Å². The number of phenolic OH excluding ortho intramolecular Hbond substituents is 1. The highest BCUT2D eigenvalue weighted by atomic mass is 16.5. The first kappa shape index (κ1) is 17.5. The minimum Gasteiger partial charge on any atom is -0.508 e. The van der Waals surface area contributed by atoms with E-state index < -0.39 is 23.6 Å². The number of ketones is 1. The predicted molar refractivity (Wildman–Crippen MR) is 83.3 cm³/mol. The molecule has 0 amide bonds. The van der Waals surface area contributed by atoms with Crippen LogP contribution in [0.4, 0.5) is 0 Å². The Morgan fingerprint density at radius 1 is 1.13 bits per heavy atom. The van der Waals surface area contributed by atoms with Gasteiger partial charge in [0.2, 0.25) is 0 Å². The number of carbonyl (C=O) groups excluding carboxylic acids is 1. The topological polar surface area (TPSA) is 96.2 Å². The molecule has 0 saturated heterocycles. The molecule has 0 spiro atoms. The SMILES string of the molecule is CO[C@]1(C)[C@H](O)C(=O)C(C)=C(Oc2cc(C)cc(O)c2C)[C@@H]1O. The number of benzene rings is 1. The molecular weight excluding hydrogens is 300 g/mol.